The first-order valence-electron chi connectivity index (χ1n) is 6.39. The maximum absolute atomic E-state index is 3.49. The summed E-state index contributed by atoms with van der Waals surface area (Å²) in [6.45, 7) is 5.12. The zero-order valence-corrected chi connectivity index (χ0v) is 12.3. The van der Waals surface area contributed by atoms with Crippen LogP contribution in [0.3, 0.4) is 0 Å². The first kappa shape index (κ1) is 13.4. The van der Waals surface area contributed by atoms with Crippen molar-refractivity contribution in [2.45, 2.75) is 33.0 Å². The summed E-state index contributed by atoms with van der Waals surface area (Å²) in [6.07, 6.45) is 3.33. The molecule has 2 rings (SSSR count). The summed E-state index contributed by atoms with van der Waals surface area (Å²) in [7, 11) is 0. The van der Waals surface area contributed by atoms with Gasteiger partial charge in [-0.1, -0.05) is 35.0 Å². The number of aromatic nitrogens is 1. The highest BCUT2D eigenvalue weighted by Gasteiger charge is 2.00. The fraction of sp³-hybridized carbons (Fsp3) is 0.333. The minimum absolute atomic E-state index is 0.900. The molecule has 3 heteroatoms. The van der Waals surface area contributed by atoms with Gasteiger partial charge in [-0.2, -0.15) is 0 Å². The van der Waals surface area contributed by atoms with Crippen molar-refractivity contribution in [1.29, 1.82) is 0 Å². The largest absolute Gasteiger partial charge is 0.350 e. The van der Waals surface area contributed by atoms with Gasteiger partial charge in [-0.25, -0.2) is 0 Å². The summed E-state index contributed by atoms with van der Waals surface area (Å²) in [4.78, 5) is 0. The van der Waals surface area contributed by atoms with Crippen LogP contribution in [0.15, 0.2) is 47.1 Å². The zero-order valence-electron chi connectivity index (χ0n) is 10.7. The molecule has 1 N–H and O–H groups in total. The quantitative estimate of drug-likeness (QED) is 0.855. The summed E-state index contributed by atoms with van der Waals surface area (Å²) >= 11 is 3.49. The maximum atomic E-state index is 3.49. The molecular weight excluding hydrogens is 288 g/mol. The molecule has 1 aromatic heterocycles. The van der Waals surface area contributed by atoms with Crippen molar-refractivity contribution in [2.75, 3.05) is 0 Å². The van der Waals surface area contributed by atoms with Gasteiger partial charge >= 0.3 is 0 Å². The molecule has 0 radical (unpaired) electrons. The number of hydrogen-bond donors (Lipinski definition) is 1. The van der Waals surface area contributed by atoms with E-state index in [1.54, 1.807) is 0 Å². The van der Waals surface area contributed by atoms with E-state index in [1.165, 1.54) is 17.7 Å². The van der Waals surface area contributed by atoms with E-state index in [-0.39, 0.29) is 0 Å². The Balaban J connectivity index is 1.86. The van der Waals surface area contributed by atoms with Crippen molar-refractivity contribution in [3.05, 3.63) is 58.3 Å². The van der Waals surface area contributed by atoms with E-state index >= 15 is 0 Å². The van der Waals surface area contributed by atoms with Crippen LogP contribution in [0.25, 0.3) is 0 Å². The van der Waals surface area contributed by atoms with E-state index < -0.39 is 0 Å². The number of benzene rings is 1. The predicted molar refractivity (Wildman–Crippen MR) is 79.4 cm³/mol. The Morgan fingerprint density at radius 1 is 1.17 bits per heavy atom. The van der Waals surface area contributed by atoms with Gasteiger partial charge in [0.15, 0.2) is 0 Å². The Kier molecular flexibility index (Phi) is 5.02. The van der Waals surface area contributed by atoms with E-state index in [4.69, 9.17) is 0 Å². The molecule has 1 aromatic carbocycles. The van der Waals surface area contributed by atoms with E-state index in [0.717, 1.165) is 24.1 Å². The van der Waals surface area contributed by atoms with E-state index in [9.17, 15) is 0 Å². The normalized spacial score (nSPS) is 10.8. The number of hydrogen-bond acceptors (Lipinski definition) is 1. The highest BCUT2D eigenvalue weighted by molar-refractivity contribution is 9.10. The van der Waals surface area contributed by atoms with Crippen LogP contribution in [0.2, 0.25) is 0 Å². The van der Waals surface area contributed by atoms with Gasteiger partial charge in [0, 0.05) is 36.0 Å². The molecular formula is C15H19BrN2. The SMILES string of the molecule is CCCn1cccc1CNCc1cccc(Br)c1. The van der Waals surface area contributed by atoms with Gasteiger partial charge in [0.2, 0.25) is 0 Å². The average molecular weight is 307 g/mol. The van der Waals surface area contributed by atoms with Crippen molar-refractivity contribution in [1.82, 2.24) is 9.88 Å². The third kappa shape index (κ3) is 3.72. The van der Waals surface area contributed by atoms with Crippen LogP contribution in [0, 0.1) is 0 Å². The van der Waals surface area contributed by atoms with E-state index in [1.807, 2.05) is 0 Å². The minimum Gasteiger partial charge on any atom is -0.350 e. The fourth-order valence-electron chi connectivity index (χ4n) is 2.05. The first-order valence-corrected chi connectivity index (χ1v) is 7.18. The van der Waals surface area contributed by atoms with Crippen LogP contribution < -0.4 is 5.32 Å². The summed E-state index contributed by atoms with van der Waals surface area (Å²) in [5.74, 6) is 0. The fourth-order valence-corrected chi connectivity index (χ4v) is 2.50. The molecule has 0 saturated heterocycles. The second-order valence-corrected chi connectivity index (χ2v) is 5.34. The molecule has 0 unspecified atom stereocenters. The van der Waals surface area contributed by atoms with Crippen LogP contribution in [0.4, 0.5) is 0 Å². The summed E-state index contributed by atoms with van der Waals surface area (Å²) in [5, 5.41) is 3.49. The highest BCUT2D eigenvalue weighted by atomic mass is 79.9. The van der Waals surface area contributed by atoms with Crippen LogP contribution in [-0.2, 0) is 19.6 Å². The van der Waals surface area contributed by atoms with Gasteiger partial charge in [0.1, 0.15) is 0 Å². The van der Waals surface area contributed by atoms with Gasteiger partial charge in [-0.3, -0.25) is 0 Å². The Bertz CT molecular complexity index is 491. The smallest absolute Gasteiger partial charge is 0.0362 e. The molecule has 0 spiro atoms. The average Bonchev–Trinajstić information content (AvgIpc) is 2.78. The molecule has 0 saturated carbocycles. The predicted octanol–water partition coefficient (Wildman–Crippen LogP) is 3.95. The molecule has 2 nitrogen and oxygen atoms in total. The van der Waals surface area contributed by atoms with Gasteiger partial charge in [-0.05, 0) is 36.2 Å². The molecule has 96 valence electrons. The summed E-state index contributed by atoms with van der Waals surface area (Å²) in [6, 6.07) is 12.7. The van der Waals surface area contributed by atoms with E-state index in [2.05, 4.69) is 75.3 Å². The van der Waals surface area contributed by atoms with Crippen molar-refractivity contribution >= 4 is 15.9 Å². The maximum Gasteiger partial charge on any atom is 0.0362 e. The van der Waals surface area contributed by atoms with Gasteiger partial charge in [-0.15, -0.1) is 0 Å². The third-order valence-electron chi connectivity index (χ3n) is 2.91. The molecule has 0 bridgehead atoms. The number of nitrogens with one attached hydrogen (secondary N) is 1. The zero-order chi connectivity index (χ0) is 12.8. The molecule has 0 atom stereocenters. The molecule has 0 amide bonds. The molecule has 0 aliphatic rings. The van der Waals surface area contributed by atoms with Gasteiger partial charge < -0.3 is 9.88 Å². The van der Waals surface area contributed by atoms with Crippen LogP contribution in [-0.4, -0.2) is 4.57 Å². The molecule has 2 aromatic rings. The van der Waals surface area contributed by atoms with E-state index in [0.29, 0.717) is 0 Å². The van der Waals surface area contributed by atoms with Gasteiger partial charge in [0.25, 0.3) is 0 Å². The lowest BCUT2D eigenvalue weighted by Crippen LogP contribution is -2.15. The lowest BCUT2D eigenvalue weighted by Gasteiger charge is -2.09. The summed E-state index contributed by atoms with van der Waals surface area (Å²) < 4.78 is 3.45. The Morgan fingerprint density at radius 2 is 2.06 bits per heavy atom. The Labute approximate surface area is 117 Å². The second-order valence-electron chi connectivity index (χ2n) is 4.43. The van der Waals surface area contributed by atoms with Crippen LogP contribution in [0.5, 0.6) is 0 Å². The van der Waals surface area contributed by atoms with Gasteiger partial charge in [0.05, 0.1) is 0 Å². The van der Waals surface area contributed by atoms with Crippen molar-refractivity contribution in [3.8, 4) is 0 Å². The number of nitrogens with zero attached hydrogens (tertiary/aromatic N) is 1. The molecule has 0 aliphatic heterocycles. The van der Waals surface area contributed by atoms with Crippen LogP contribution in [0.1, 0.15) is 24.6 Å². The number of aryl methyl sites for hydroxylation is 1. The molecule has 0 aliphatic carbocycles. The lowest BCUT2D eigenvalue weighted by molar-refractivity contribution is 0.602. The van der Waals surface area contributed by atoms with Crippen molar-refractivity contribution < 1.29 is 0 Å². The highest BCUT2D eigenvalue weighted by Crippen LogP contribution is 2.11. The Morgan fingerprint density at radius 3 is 2.83 bits per heavy atom. The van der Waals surface area contributed by atoms with Crippen LogP contribution >= 0.6 is 15.9 Å². The molecule has 18 heavy (non-hydrogen) atoms. The minimum atomic E-state index is 0.900. The number of rotatable bonds is 6. The second kappa shape index (κ2) is 6.76. The monoisotopic (exact) mass is 306 g/mol. The van der Waals surface area contributed by atoms with Crippen molar-refractivity contribution in [2.24, 2.45) is 0 Å². The number of halogens is 1. The third-order valence-corrected chi connectivity index (χ3v) is 3.41. The van der Waals surface area contributed by atoms with Crippen molar-refractivity contribution in [3.63, 3.8) is 0 Å². The first-order chi connectivity index (χ1) is 8.79. The molecule has 0 fully saturated rings. The lowest BCUT2D eigenvalue weighted by atomic mass is 10.2. The molecule has 1 heterocycles. The summed E-state index contributed by atoms with van der Waals surface area (Å²) in [5.41, 5.74) is 2.66. The topological polar surface area (TPSA) is 17.0 Å². The standard InChI is InChI=1S/C15H19BrN2/c1-2-8-18-9-4-7-15(18)12-17-11-13-5-3-6-14(16)10-13/h3-7,9-10,17H,2,8,11-12H2,1H3. The Hall–Kier alpha value is -1.06.